The van der Waals surface area contributed by atoms with Gasteiger partial charge in [0.25, 0.3) is 0 Å². The molecule has 5 heteroatoms. The Morgan fingerprint density at radius 3 is 2.80 bits per heavy atom. The minimum atomic E-state index is 0.520. The molecule has 1 rings (SSSR count). The zero-order valence-corrected chi connectivity index (χ0v) is 11.1. The van der Waals surface area contributed by atoms with E-state index in [4.69, 9.17) is 11.6 Å². The molecule has 0 fully saturated rings. The van der Waals surface area contributed by atoms with Crippen molar-refractivity contribution in [2.45, 2.75) is 33.2 Å². The SMILES string of the molecule is CCCc1nnc(Cl)n1CC(C)CSC. The van der Waals surface area contributed by atoms with E-state index >= 15 is 0 Å². The minimum Gasteiger partial charge on any atom is -0.301 e. The first-order valence-electron chi connectivity index (χ1n) is 5.25. The molecule has 0 amide bonds. The molecule has 0 aliphatic carbocycles. The van der Waals surface area contributed by atoms with Crippen LogP contribution in [0.2, 0.25) is 5.28 Å². The number of hydrogen-bond donors (Lipinski definition) is 0. The summed E-state index contributed by atoms with van der Waals surface area (Å²) in [6.07, 6.45) is 4.15. The lowest BCUT2D eigenvalue weighted by Gasteiger charge is -2.12. The maximum absolute atomic E-state index is 6.01. The number of aromatic nitrogens is 3. The van der Waals surface area contributed by atoms with E-state index in [0.717, 1.165) is 31.0 Å². The Bertz CT molecular complexity index is 301. The Hall–Kier alpha value is -0.220. The van der Waals surface area contributed by atoms with Gasteiger partial charge in [0.1, 0.15) is 5.82 Å². The maximum Gasteiger partial charge on any atom is 0.225 e. The van der Waals surface area contributed by atoms with Crippen molar-refractivity contribution in [2.75, 3.05) is 12.0 Å². The summed E-state index contributed by atoms with van der Waals surface area (Å²) in [5, 5.41) is 8.53. The number of thioether (sulfide) groups is 1. The fourth-order valence-electron chi connectivity index (χ4n) is 1.55. The molecule has 1 heterocycles. The van der Waals surface area contributed by atoms with Crippen molar-refractivity contribution in [3.63, 3.8) is 0 Å². The molecule has 0 radical (unpaired) electrons. The number of hydrogen-bond acceptors (Lipinski definition) is 3. The largest absolute Gasteiger partial charge is 0.301 e. The number of halogens is 1. The third-order valence-corrected chi connectivity index (χ3v) is 3.38. The second-order valence-electron chi connectivity index (χ2n) is 3.81. The number of nitrogens with zero attached hydrogens (tertiary/aromatic N) is 3. The van der Waals surface area contributed by atoms with Gasteiger partial charge < -0.3 is 4.57 Å². The lowest BCUT2D eigenvalue weighted by molar-refractivity contribution is 0.512. The fraction of sp³-hybridized carbons (Fsp3) is 0.800. The second kappa shape index (κ2) is 6.38. The molecule has 15 heavy (non-hydrogen) atoms. The monoisotopic (exact) mass is 247 g/mol. The Labute approximate surface area is 101 Å². The maximum atomic E-state index is 6.01. The molecule has 0 aliphatic rings. The molecule has 0 saturated carbocycles. The molecular formula is C10H18ClN3S. The lowest BCUT2D eigenvalue weighted by Crippen LogP contribution is -2.12. The molecule has 0 aromatic carbocycles. The molecule has 0 spiro atoms. The van der Waals surface area contributed by atoms with Crippen LogP contribution < -0.4 is 0 Å². The van der Waals surface area contributed by atoms with E-state index < -0.39 is 0 Å². The van der Waals surface area contributed by atoms with Gasteiger partial charge in [-0.25, -0.2) is 0 Å². The summed E-state index contributed by atoms with van der Waals surface area (Å²) >= 11 is 7.87. The van der Waals surface area contributed by atoms with Crippen LogP contribution in [0, 0.1) is 5.92 Å². The third-order valence-electron chi connectivity index (χ3n) is 2.20. The molecule has 0 saturated heterocycles. The van der Waals surface area contributed by atoms with Crippen LogP contribution in [0.1, 0.15) is 26.1 Å². The van der Waals surface area contributed by atoms with Crippen molar-refractivity contribution in [1.82, 2.24) is 14.8 Å². The van der Waals surface area contributed by atoms with E-state index in [2.05, 4.69) is 30.3 Å². The zero-order chi connectivity index (χ0) is 11.3. The van der Waals surface area contributed by atoms with Crippen LogP contribution in [0.3, 0.4) is 0 Å². The van der Waals surface area contributed by atoms with E-state index in [0.29, 0.717) is 11.2 Å². The standard InChI is InChI=1S/C10H18ClN3S/c1-4-5-9-12-13-10(11)14(9)6-8(2)7-15-3/h8H,4-7H2,1-3H3. The fourth-order valence-corrected chi connectivity index (χ4v) is 2.43. The molecular weight excluding hydrogens is 230 g/mol. The first kappa shape index (κ1) is 12.8. The van der Waals surface area contributed by atoms with E-state index in [1.807, 2.05) is 16.3 Å². The van der Waals surface area contributed by atoms with Gasteiger partial charge in [0.2, 0.25) is 5.28 Å². The van der Waals surface area contributed by atoms with Crippen molar-refractivity contribution >= 4 is 23.4 Å². The van der Waals surface area contributed by atoms with Crippen LogP contribution in [0.4, 0.5) is 0 Å². The quantitative estimate of drug-likeness (QED) is 0.775. The molecule has 0 bridgehead atoms. The average Bonchev–Trinajstić information content (AvgIpc) is 2.51. The van der Waals surface area contributed by atoms with Gasteiger partial charge in [-0.2, -0.15) is 11.8 Å². The Balaban J connectivity index is 2.69. The highest BCUT2D eigenvalue weighted by Crippen LogP contribution is 2.15. The van der Waals surface area contributed by atoms with Gasteiger partial charge in [-0.05, 0) is 35.9 Å². The summed E-state index contributed by atoms with van der Waals surface area (Å²) in [4.78, 5) is 0. The highest BCUT2D eigenvalue weighted by atomic mass is 35.5. The van der Waals surface area contributed by atoms with Gasteiger partial charge >= 0.3 is 0 Å². The zero-order valence-electron chi connectivity index (χ0n) is 9.53. The van der Waals surface area contributed by atoms with Gasteiger partial charge in [-0.3, -0.25) is 0 Å². The molecule has 0 N–H and O–H groups in total. The van der Waals surface area contributed by atoms with Crippen LogP contribution in [0.5, 0.6) is 0 Å². The van der Waals surface area contributed by atoms with Crippen LogP contribution in [0.15, 0.2) is 0 Å². The first-order valence-corrected chi connectivity index (χ1v) is 7.02. The topological polar surface area (TPSA) is 30.7 Å². The van der Waals surface area contributed by atoms with E-state index in [-0.39, 0.29) is 0 Å². The normalized spacial score (nSPS) is 13.1. The lowest BCUT2D eigenvalue weighted by atomic mass is 10.2. The summed E-state index contributed by atoms with van der Waals surface area (Å²) in [6, 6.07) is 0. The summed E-state index contributed by atoms with van der Waals surface area (Å²) in [5.74, 6) is 2.75. The molecule has 3 nitrogen and oxygen atoms in total. The van der Waals surface area contributed by atoms with Crippen LogP contribution in [-0.4, -0.2) is 26.8 Å². The number of aryl methyl sites for hydroxylation is 1. The second-order valence-corrected chi connectivity index (χ2v) is 5.06. The summed E-state index contributed by atoms with van der Waals surface area (Å²) in [7, 11) is 0. The van der Waals surface area contributed by atoms with Crippen molar-refractivity contribution < 1.29 is 0 Å². The smallest absolute Gasteiger partial charge is 0.225 e. The molecule has 1 unspecified atom stereocenters. The van der Waals surface area contributed by atoms with Gasteiger partial charge in [0, 0.05) is 13.0 Å². The number of rotatable bonds is 6. The first-order chi connectivity index (χ1) is 7.19. The molecule has 1 aromatic rings. The highest BCUT2D eigenvalue weighted by molar-refractivity contribution is 7.98. The molecule has 1 aromatic heterocycles. The molecule has 0 aliphatic heterocycles. The summed E-state index contributed by atoms with van der Waals surface area (Å²) < 4.78 is 2.03. The van der Waals surface area contributed by atoms with Crippen LogP contribution in [-0.2, 0) is 13.0 Å². The average molecular weight is 248 g/mol. The van der Waals surface area contributed by atoms with Gasteiger partial charge in [0.05, 0.1) is 0 Å². The van der Waals surface area contributed by atoms with Gasteiger partial charge in [-0.15, -0.1) is 10.2 Å². The van der Waals surface area contributed by atoms with Crippen LogP contribution >= 0.6 is 23.4 Å². The van der Waals surface area contributed by atoms with Crippen molar-refractivity contribution in [3.05, 3.63) is 11.1 Å². The molecule has 86 valence electrons. The van der Waals surface area contributed by atoms with Gasteiger partial charge in [0.15, 0.2) is 0 Å². The van der Waals surface area contributed by atoms with E-state index in [1.54, 1.807) is 0 Å². The van der Waals surface area contributed by atoms with Crippen LogP contribution in [0.25, 0.3) is 0 Å². The van der Waals surface area contributed by atoms with Gasteiger partial charge in [-0.1, -0.05) is 13.8 Å². The predicted molar refractivity (Wildman–Crippen MR) is 66.6 cm³/mol. The third kappa shape index (κ3) is 3.68. The summed E-state index contributed by atoms with van der Waals surface area (Å²) in [6.45, 7) is 5.28. The van der Waals surface area contributed by atoms with Crippen molar-refractivity contribution in [2.24, 2.45) is 5.92 Å². The van der Waals surface area contributed by atoms with E-state index in [9.17, 15) is 0 Å². The Kier molecular flexibility index (Phi) is 5.47. The molecule has 1 atom stereocenters. The Morgan fingerprint density at radius 1 is 1.47 bits per heavy atom. The Morgan fingerprint density at radius 2 is 2.20 bits per heavy atom. The highest BCUT2D eigenvalue weighted by Gasteiger charge is 2.12. The van der Waals surface area contributed by atoms with E-state index in [1.165, 1.54) is 0 Å². The predicted octanol–water partition coefficient (Wildman–Crippen LogP) is 2.88. The minimum absolute atomic E-state index is 0.520. The van der Waals surface area contributed by atoms with Crippen molar-refractivity contribution in [3.8, 4) is 0 Å². The van der Waals surface area contributed by atoms with Crippen molar-refractivity contribution in [1.29, 1.82) is 0 Å². The summed E-state index contributed by atoms with van der Waals surface area (Å²) in [5.41, 5.74) is 0.